The molecule has 0 radical (unpaired) electrons. The number of nitrogens with zero attached hydrogens (tertiary/aromatic N) is 12. The molecule has 0 aliphatic carbocycles. The molecule has 5 aromatic rings. The minimum Gasteiger partial charge on any atom is -0.370 e. The molecule has 356 valence electrons. The standard InChI is InChI=1S/C27H34N8O3S.C18H25N7O2S/c1-6-8-24(36)29-21-11-9-20(10-12-21)26-31-27-25(19(4)32-35(27)33-26)30-23-14-13-22(17-18(23)3)34(7-2)16-15-28-39(37)38-5;1-6-24(10-9-19-28(26)27-5)15-7-8-16(12(2)11-15)21-17-13(3)22-25-18(17)20-14(4)23-25/h9-14,17,28H,6-8,15-16H2,1-5H3,(H,29,36);7-8,11,19H,6,9-10H2,1-5H3. The minimum absolute atomic E-state index is 0.00231. The number of aryl methyl sites for hydroxylation is 3. The molecule has 2 aliphatic rings. The van der Waals surface area contributed by atoms with E-state index in [1.165, 1.54) is 23.8 Å². The van der Waals surface area contributed by atoms with Crippen molar-refractivity contribution in [3.63, 3.8) is 0 Å². The van der Waals surface area contributed by atoms with E-state index in [1.54, 1.807) is 0 Å². The summed E-state index contributed by atoms with van der Waals surface area (Å²) in [5, 5.41) is 20.6. The molecule has 0 saturated heterocycles. The van der Waals surface area contributed by atoms with E-state index in [-0.39, 0.29) is 5.91 Å². The fourth-order valence-electron chi connectivity index (χ4n) is 7.13. The van der Waals surface area contributed by atoms with E-state index in [1.807, 2.05) is 90.1 Å². The first kappa shape index (κ1) is 50.2. The highest BCUT2D eigenvalue weighted by Crippen LogP contribution is 2.29. The number of hydrogen-bond acceptors (Lipinski definition) is 15. The van der Waals surface area contributed by atoms with Gasteiger partial charge >= 0.3 is 0 Å². The highest BCUT2D eigenvalue weighted by Gasteiger charge is 2.26. The van der Waals surface area contributed by atoms with Gasteiger partial charge in [-0.15, -0.1) is 19.8 Å². The molecule has 2 atom stereocenters. The van der Waals surface area contributed by atoms with Crippen LogP contribution < -0.4 is 24.6 Å². The van der Waals surface area contributed by atoms with Crippen molar-refractivity contribution in [1.29, 1.82) is 0 Å². The predicted molar refractivity (Wildman–Crippen MR) is 268 cm³/mol. The number of aliphatic imine (C=N–C) groups is 2. The Hall–Kier alpha value is -6.17. The molecular weight excluding hydrogens is 895 g/mol. The zero-order chi connectivity index (χ0) is 48.2. The second-order valence-corrected chi connectivity index (χ2v) is 17.6. The Morgan fingerprint density at radius 2 is 1.18 bits per heavy atom. The van der Waals surface area contributed by atoms with E-state index in [9.17, 15) is 13.2 Å². The van der Waals surface area contributed by atoms with Gasteiger partial charge in [-0.1, -0.05) is 6.92 Å². The van der Waals surface area contributed by atoms with Crippen LogP contribution in [0.3, 0.4) is 0 Å². The third-order valence-electron chi connectivity index (χ3n) is 10.6. The number of carbonyl (C=O) groups is 1. The molecule has 1 amide bonds. The molecule has 0 fully saturated rings. The summed E-state index contributed by atoms with van der Waals surface area (Å²) in [6.45, 7) is 20.0. The fourth-order valence-corrected chi connectivity index (χ4v) is 7.89. The number of carbonyl (C=O) groups excluding carboxylic acids is 1. The molecule has 2 unspecified atom stereocenters. The van der Waals surface area contributed by atoms with Crippen molar-refractivity contribution in [2.75, 3.05) is 68.6 Å². The normalized spacial score (nSPS) is 14.8. The van der Waals surface area contributed by atoms with Crippen LogP contribution in [0.25, 0.3) is 11.4 Å². The zero-order valence-electron chi connectivity index (χ0n) is 39.7. The highest BCUT2D eigenvalue weighted by molar-refractivity contribution is 7.78. The first-order chi connectivity index (χ1) is 32.2. The Bertz CT molecular complexity index is 2730. The van der Waals surface area contributed by atoms with Gasteiger partial charge in [-0.3, -0.25) is 13.2 Å². The Labute approximate surface area is 396 Å². The number of fused-ring (bicyclic) bond motifs is 2. The maximum atomic E-state index is 11.9. The summed E-state index contributed by atoms with van der Waals surface area (Å²) in [5.41, 5.74) is 10.4. The van der Waals surface area contributed by atoms with Crippen molar-refractivity contribution in [3.8, 4) is 11.4 Å². The molecule has 4 heterocycles. The second kappa shape index (κ2) is 23.5. The number of likely N-dealkylation sites (N-methyl/N-ethyl adjacent to an activating group) is 2. The van der Waals surface area contributed by atoms with Gasteiger partial charge in [0, 0.05) is 68.3 Å². The summed E-state index contributed by atoms with van der Waals surface area (Å²) in [6.07, 6.45) is 1.29. The summed E-state index contributed by atoms with van der Waals surface area (Å²) in [5.74, 6) is 2.46. The van der Waals surface area contributed by atoms with Gasteiger partial charge in [0.2, 0.25) is 40.1 Å². The number of anilines is 3. The summed E-state index contributed by atoms with van der Waals surface area (Å²) in [6, 6.07) is 19.7. The van der Waals surface area contributed by atoms with E-state index >= 15 is 0 Å². The maximum Gasteiger partial charge on any atom is 0.234 e. The van der Waals surface area contributed by atoms with Gasteiger partial charge in [-0.25, -0.2) is 37.8 Å². The third-order valence-corrected chi connectivity index (χ3v) is 12.1. The lowest BCUT2D eigenvalue weighted by atomic mass is 10.1. The van der Waals surface area contributed by atoms with Gasteiger partial charge in [0.1, 0.15) is 11.4 Å². The molecular formula is C45H59N15O5S2. The van der Waals surface area contributed by atoms with Gasteiger partial charge in [-0.2, -0.15) is 10.2 Å². The van der Waals surface area contributed by atoms with Crippen molar-refractivity contribution in [2.45, 2.75) is 68.2 Å². The SMILES string of the molecule is CCCC(=O)Nc1ccc(-c2nc3n(n2)N=C(C)C3=Nc2ccc(N(CC)CCNS(=O)OC)cc2C)cc1.CCN(CCNS(=O)OC)c1ccc(N=C2C(C)=Nn3nc(C)nc32)c(C)c1. The molecule has 0 spiro atoms. The number of nitrogens with one attached hydrogen (secondary N) is 3. The van der Waals surface area contributed by atoms with Gasteiger partial charge in [0.05, 0.1) is 37.0 Å². The van der Waals surface area contributed by atoms with Gasteiger partial charge in [-0.05, 0) is 127 Å². The zero-order valence-corrected chi connectivity index (χ0v) is 41.3. The average Bonchev–Trinajstić information content (AvgIpc) is 4.04. The van der Waals surface area contributed by atoms with Crippen molar-refractivity contribution in [3.05, 3.63) is 89.3 Å². The highest BCUT2D eigenvalue weighted by atomic mass is 32.2. The molecule has 0 bridgehead atoms. The summed E-state index contributed by atoms with van der Waals surface area (Å²) in [7, 11) is 2.81. The first-order valence-corrected chi connectivity index (χ1v) is 24.1. The van der Waals surface area contributed by atoms with E-state index in [0.717, 1.165) is 81.8 Å². The molecule has 3 aromatic carbocycles. The van der Waals surface area contributed by atoms with Crippen molar-refractivity contribution >= 4 is 79.7 Å². The van der Waals surface area contributed by atoms with E-state index in [4.69, 9.17) is 23.3 Å². The van der Waals surface area contributed by atoms with E-state index in [0.29, 0.717) is 61.6 Å². The lowest BCUT2D eigenvalue weighted by Crippen LogP contribution is -2.33. The van der Waals surface area contributed by atoms with Crippen LogP contribution in [0.2, 0.25) is 0 Å². The first-order valence-electron chi connectivity index (χ1n) is 22.0. The van der Waals surface area contributed by atoms with E-state index in [2.05, 4.69) is 75.9 Å². The van der Waals surface area contributed by atoms with Crippen molar-refractivity contribution in [2.24, 2.45) is 20.2 Å². The van der Waals surface area contributed by atoms with Crippen LogP contribution in [0.4, 0.5) is 28.4 Å². The predicted octanol–water partition coefficient (Wildman–Crippen LogP) is 5.89. The molecule has 0 saturated carbocycles. The number of amides is 1. The molecule has 2 aromatic heterocycles. The van der Waals surface area contributed by atoms with E-state index < -0.39 is 22.5 Å². The maximum absolute atomic E-state index is 11.9. The Morgan fingerprint density at radius 1 is 0.687 bits per heavy atom. The molecule has 67 heavy (non-hydrogen) atoms. The van der Waals surface area contributed by atoms with Crippen LogP contribution in [0.5, 0.6) is 0 Å². The fraction of sp³-hybridized carbons (Fsp3) is 0.400. The topological polar surface area (TPSA) is 223 Å². The molecule has 2 aliphatic heterocycles. The number of benzene rings is 3. The summed E-state index contributed by atoms with van der Waals surface area (Å²) in [4.78, 5) is 38.1. The summed E-state index contributed by atoms with van der Waals surface area (Å²) < 4.78 is 37.9. The van der Waals surface area contributed by atoms with Crippen LogP contribution >= 0.6 is 0 Å². The number of rotatable bonds is 20. The van der Waals surface area contributed by atoms with Crippen LogP contribution in [-0.4, -0.2) is 120 Å². The van der Waals surface area contributed by atoms with Crippen molar-refractivity contribution < 1.29 is 21.6 Å². The van der Waals surface area contributed by atoms with Gasteiger partial charge in [0.15, 0.2) is 11.6 Å². The lowest BCUT2D eigenvalue weighted by Gasteiger charge is -2.23. The quantitative estimate of drug-likeness (QED) is 0.0835. The Balaban J connectivity index is 0.000000233. The molecule has 7 rings (SSSR count). The lowest BCUT2D eigenvalue weighted by molar-refractivity contribution is -0.116. The minimum atomic E-state index is -1.48. The monoisotopic (exact) mass is 953 g/mol. The third kappa shape index (κ3) is 12.8. The van der Waals surface area contributed by atoms with Crippen molar-refractivity contribution in [1.82, 2.24) is 39.2 Å². The Kier molecular flexibility index (Phi) is 17.6. The number of hydrogen-bond donors (Lipinski definition) is 3. The largest absolute Gasteiger partial charge is 0.370 e. The molecule has 20 nitrogen and oxygen atoms in total. The van der Waals surface area contributed by atoms with Gasteiger partial charge < -0.3 is 15.1 Å². The average molecular weight is 954 g/mol. The number of aromatic nitrogens is 6. The van der Waals surface area contributed by atoms with Gasteiger partial charge in [0.25, 0.3) is 0 Å². The van der Waals surface area contributed by atoms with Crippen LogP contribution in [0, 0.1) is 20.8 Å². The van der Waals surface area contributed by atoms with Crippen LogP contribution in [0.1, 0.15) is 76.1 Å². The summed E-state index contributed by atoms with van der Waals surface area (Å²) >= 11 is -2.93. The smallest absolute Gasteiger partial charge is 0.234 e. The molecule has 3 N–H and O–H groups in total. The van der Waals surface area contributed by atoms with Crippen LogP contribution in [0.15, 0.2) is 80.9 Å². The second-order valence-electron chi connectivity index (χ2n) is 15.4. The molecule has 22 heteroatoms. The van der Waals surface area contributed by atoms with Crippen LogP contribution in [-0.2, 0) is 35.7 Å². The Morgan fingerprint density at radius 3 is 1.64 bits per heavy atom.